The SMILES string of the molecule is CCCC(C)NC(=O)C(C)Sc1nnc(C2CC2)n1CCC(N)=O. The van der Waals surface area contributed by atoms with E-state index >= 15 is 0 Å². The second-order valence-electron chi connectivity index (χ2n) is 6.44. The monoisotopic (exact) mass is 353 g/mol. The summed E-state index contributed by atoms with van der Waals surface area (Å²) in [6.07, 6.45) is 4.45. The molecular weight excluding hydrogens is 326 g/mol. The zero-order valence-electron chi connectivity index (χ0n) is 14.6. The number of thioether (sulfide) groups is 1. The van der Waals surface area contributed by atoms with E-state index in [1.54, 1.807) is 0 Å². The number of carbonyl (C=O) groups excluding carboxylic acids is 2. The van der Waals surface area contributed by atoms with Crippen molar-refractivity contribution in [3.63, 3.8) is 0 Å². The van der Waals surface area contributed by atoms with E-state index in [1.807, 2.05) is 18.4 Å². The van der Waals surface area contributed by atoms with Gasteiger partial charge in [0.15, 0.2) is 5.16 Å². The highest BCUT2D eigenvalue weighted by Gasteiger charge is 2.31. The molecule has 0 spiro atoms. The Bertz CT molecular complexity index is 585. The van der Waals surface area contributed by atoms with E-state index in [2.05, 4.69) is 22.4 Å². The predicted octanol–water partition coefficient (Wildman–Crippen LogP) is 1.82. The third-order valence-electron chi connectivity index (χ3n) is 4.03. The van der Waals surface area contributed by atoms with Crippen LogP contribution in [-0.2, 0) is 16.1 Å². The van der Waals surface area contributed by atoms with Gasteiger partial charge in [-0.15, -0.1) is 10.2 Å². The van der Waals surface area contributed by atoms with Crippen molar-refractivity contribution in [1.29, 1.82) is 0 Å². The molecule has 2 amide bonds. The van der Waals surface area contributed by atoms with E-state index < -0.39 is 0 Å². The molecule has 0 saturated heterocycles. The normalized spacial score (nSPS) is 16.6. The van der Waals surface area contributed by atoms with Crippen LogP contribution in [0.3, 0.4) is 0 Å². The smallest absolute Gasteiger partial charge is 0.233 e. The molecule has 0 aliphatic heterocycles. The molecule has 2 unspecified atom stereocenters. The van der Waals surface area contributed by atoms with Gasteiger partial charge in [0, 0.05) is 24.9 Å². The van der Waals surface area contributed by atoms with Crippen molar-refractivity contribution in [1.82, 2.24) is 20.1 Å². The number of nitrogens with one attached hydrogen (secondary N) is 1. The second-order valence-corrected chi connectivity index (χ2v) is 7.75. The van der Waals surface area contributed by atoms with Crippen molar-refractivity contribution in [3.8, 4) is 0 Å². The van der Waals surface area contributed by atoms with Crippen LogP contribution in [0.4, 0.5) is 0 Å². The molecule has 1 aliphatic rings. The summed E-state index contributed by atoms with van der Waals surface area (Å²) in [5, 5.41) is 11.9. The fraction of sp³-hybridized carbons (Fsp3) is 0.750. The highest BCUT2D eigenvalue weighted by molar-refractivity contribution is 8.00. The van der Waals surface area contributed by atoms with Crippen LogP contribution in [0.5, 0.6) is 0 Å². The minimum atomic E-state index is -0.347. The number of carbonyl (C=O) groups is 2. The number of nitrogens with zero attached hydrogens (tertiary/aromatic N) is 3. The molecule has 1 aromatic rings. The third-order valence-corrected chi connectivity index (χ3v) is 5.11. The topological polar surface area (TPSA) is 103 Å². The quantitative estimate of drug-likeness (QED) is 0.625. The van der Waals surface area contributed by atoms with Crippen molar-refractivity contribution in [2.45, 2.75) is 81.8 Å². The minimum absolute atomic E-state index is 0.00151. The van der Waals surface area contributed by atoms with Crippen molar-refractivity contribution in [2.75, 3.05) is 0 Å². The summed E-state index contributed by atoms with van der Waals surface area (Å²) >= 11 is 1.38. The molecule has 0 bridgehead atoms. The highest BCUT2D eigenvalue weighted by Crippen LogP contribution is 2.40. The highest BCUT2D eigenvalue weighted by atomic mass is 32.2. The van der Waals surface area contributed by atoms with Gasteiger partial charge in [-0.25, -0.2) is 0 Å². The number of rotatable bonds is 10. The van der Waals surface area contributed by atoms with Gasteiger partial charge >= 0.3 is 0 Å². The van der Waals surface area contributed by atoms with E-state index in [4.69, 9.17) is 5.73 Å². The lowest BCUT2D eigenvalue weighted by molar-refractivity contribution is -0.121. The van der Waals surface area contributed by atoms with Crippen molar-refractivity contribution < 1.29 is 9.59 Å². The molecule has 8 heteroatoms. The molecule has 2 rings (SSSR count). The molecule has 0 radical (unpaired) electrons. The molecule has 2 atom stereocenters. The van der Waals surface area contributed by atoms with E-state index in [0.29, 0.717) is 17.6 Å². The van der Waals surface area contributed by atoms with Gasteiger partial charge < -0.3 is 15.6 Å². The van der Waals surface area contributed by atoms with Crippen molar-refractivity contribution in [2.24, 2.45) is 5.73 Å². The van der Waals surface area contributed by atoms with Crippen LogP contribution < -0.4 is 11.1 Å². The van der Waals surface area contributed by atoms with E-state index in [1.165, 1.54) is 11.8 Å². The Kier molecular flexibility index (Phi) is 6.65. The van der Waals surface area contributed by atoms with Crippen LogP contribution in [-0.4, -0.2) is 37.9 Å². The van der Waals surface area contributed by atoms with Crippen LogP contribution >= 0.6 is 11.8 Å². The van der Waals surface area contributed by atoms with E-state index in [9.17, 15) is 9.59 Å². The zero-order valence-corrected chi connectivity index (χ0v) is 15.4. The average Bonchev–Trinajstić information content (AvgIpc) is 3.27. The maximum absolute atomic E-state index is 12.3. The molecule has 3 N–H and O–H groups in total. The molecule has 1 heterocycles. The molecule has 1 fully saturated rings. The number of aromatic nitrogens is 3. The summed E-state index contributed by atoms with van der Waals surface area (Å²) in [7, 11) is 0. The lowest BCUT2D eigenvalue weighted by atomic mass is 10.2. The van der Waals surface area contributed by atoms with E-state index in [0.717, 1.165) is 31.5 Å². The number of primary amides is 1. The first-order valence-corrected chi connectivity index (χ1v) is 9.48. The number of hydrogen-bond donors (Lipinski definition) is 2. The summed E-state index contributed by atoms with van der Waals surface area (Å²) in [5.41, 5.74) is 5.27. The first-order chi connectivity index (χ1) is 11.4. The lowest BCUT2D eigenvalue weighted by Crippen LogP contribution is -2.37. The number of hydrogen-bond acceptors (Lipinski definition) is 5. The first-order valence-electron chi connectivity index (χ1n) is 8.60. The first kappa shape index (κ1) is 18.8. The summed E-state index contributed by atoms with van der Waals surface area (Å²) in [6, 6.07) is 0.167. The maximum Gasteiger partial charge on any atom is 0.233 e. The second kappa shape index (κ2) is 8.50. The molecule has 1 aliphatic carbocycles. The van der Waals surface area contributed by atoms with Gasteiger partial charge in [0.05, 0.1) is 5.25 Å². The molecule has 24 heavy (non-hydrogen) atoms. The van der Waals surface area contributed by atoms with E-state index in [-0.39, 0.29) is 29.5 Å². The van der Waals surface area contributed by atoms with Crippen LogP contribution in [0, 0.1) is 0 Å². The van der Waals surface area contributed by atoms with Crippen molar-refractivity contribution in [3.05, 3.63) is 5.82 Å². The number of nitrogens with two attached hydrogens (primary N) is 1. The Balaban J connectivity index is 2.02. The summed E-state index contributed by atoms with van der Waals surface area (Å²) in [6.45, 7) is 6.44. The average molecular weight is 353 g/mol. The van der Waals surface area contributed by atoms with Gasteiger partial charge in [0.25, 0.3) is 0 Å². The fourth-order valence-corrected chi connectivity index (χ4v) is 3.43. The van der Waals surface area contributed by atoms with Gasteiger partial charge in [0.2, 0.25) is 11.8 Å². The Hall–Kier alpha value is -1.57. The maximum atomic E-state index is 12.3. The molecular formula is C16H27N5O2S. The largest absolute Gasteiger partial charge is 0.370 e. The Morgan fingerprint density at radius 3 is 2.67 bits per heavy atom. The van der Waals surface area contributed by atoms with Gasteiger partial charge in [-0.05, 0) is 33.1 Å². The summed E-state index contributed by atoms with van der Waals surface area (Å²) < 4.78 is 1.95. The van der Waals surface area contributed by atoms with Gasteiger partial charge in [0.1, 0.15) is 5.82 Å². The molecule has 1 aromatic heterocycles. The van der Waals surface area contributed by atoms with Gasteiger partial charge in [-0.3, -0.25) is 9.59 Å². The Labute approximate surface area is 147 Å². The summed E-state index contributed by atoms with van der Waals surface area (Å²) in [5.74, 6) is 0.984. The van der Waals surface area contributed by atoms with Gasteiger partial charge in [-0.1, -0.05) is 25.1 Å². The fourth-order valence-electron chi connectivity index (χ4n) is 2.54. The Morgan fingerprint density at radius 2 is 2.08 bits per heavy atom. The summed E-state index contributed by atoms with van der Waals surface area (Å²) in [4.78, 5) is 23.4. The third kappa shape index (κ3) is 5.22. The standard InChI is InChI=1S/C16H27N5O2S/c1-4-5-10(2)18-15(23)11(3)24-16-20-19-14(12-6-7-12)21(16)9-8-13(17)22/h10-12H,4-9H2,1-3H3,(H2,17,22)(H,18,23). The minimum Gasteiger partial charge on any atom is -0.370 e. The van der Waals surface area contributed by atoms with Crippen LogP contribution in [0.25, 0.3) is 0 Å². The molecule has 1 saturated carbocycles. The Morgan fingerprint density at radius 1 is 1.38 bits per heavy atom. The predicted molar refractivity (Wildman–Crippen MR) is 93.6 cm³/mol. The van der Waals surface area contributed by atoms with Crippen molar-refractivity contribution >= 4 is 23.6 Å². The molecule has 0 aromatic carbocycles. The molecule has 7 nitrogen and oxygen atoms in total. The van der Waals surface area contributed by atoms with Crippen LogP contribution in [0.15, 0.2) is 5.16 Å². The lowest BCUT2D eigenvalue weighted by Gasteiger charge is -2.17. The number of amides is 2. The molecule has 134 valence electrons. The van der Waals surface area contributed by atoms with Crippen LogP contribution in [0.1, 0.15) is 64.6 Å². The zero-order chi connectivity index (χ0) is 17.7. The van der Waals surface area contributed by atoms with Crippen LogP contribution in [0.2, 0.25) is 0 Å². The van der Waals surface area contributed by atoms with Gasteiger partial charge in [-0.2, -0.15) is 0 Å².